The number of hydrogen-bond donors (Lipinski definition) is 1. The van der Waals surface area contributed by atoms with Crippen LogP contribution in [0.3, 0.4) is 0 Å². The Morgan fingerprint density at radius 3 is 3.09 bits per heavy atom. The van der Waals surface area contributed by atoms with E-state index in [4.69, 9.17) is 4.74 Å². The van der Waals surface area contributed by atoms with E-state index in [1.807, 2.05) is 12.3 Å². The molecule has 0 radical (unpaired) electrons. The zero-order valence-electron chi connectivity index (χ0n) is 12.9. The molecule has 2 rings (SSSR count). The fraction of sp³-hybridized carbons (Fsp3) is 0.533. The van der Waals surface area contributed by atoms with Crippen LogP contribution < -0.4 is 5.32 Å². The average molecular weight is 323 g/mol. The van der Waals surface area contributed by atoms with Crippen molar-refractivity contribution in [3.8, 4) is 0 Å². The molecular weight excluding hydrogens is 302 g/mol. The number of amides is 2. The highest BCUT2D eigenvalue weighted by molar-refractivity contribution is 7.09. The Bertz CT molecular complexity index is 556. The predicted octanol–water partition coefficient (Wildman–Crippen LogP) is 2.20. The standard InChI is InChI=1S/C15H21N3O3S/c1-3-21-15(20)17-12-5-4-8-18(9-12)14(19)7-6-13-10-22-11(2)16-13/h6-7,10,12H,3-5,8-9H2,1-2H3,(H,17,20)/b7-6+/t12-/m0/s1. The molecule has 1 N–H and O–H groups in total. The fourth-order valence-corrected chi connectivity index (χ4v) is 2.93. The van der Waals surface area contributed by atoms with Crippen molar-refractivity contribution >= 4 is 29.4 Å². The fourth-order valence-electron chi connectivity index (χ4n) is 2.35. The van der Waals surface area contributed by atoms with Crippen molar-refractivity contribution in [1.29, 1.82) is 0 Å². The van der Waals surface area contributed by atoms with Crippen LogP contribution in [-0.2, 0) is 9.53 Å². The Hall–Kier alpha value is -1.89. The molecule has 0 aliphatic carbocycles. The highest BCUT2D eigenvalue weighted by atomic mass is 32.1. The molecular formula is C15H21N3O3S. The van der Waals surface area contributed by atoms with Gasteiger partial charge in [-0.25, -0.2) is 9.78 Å². The number of ether oxygens (including phenoxy) is 1. The van der Waals surface area contributed by atoms with Crippen LogP contribution in [0.25, 0.3) is 6.08 Å². The number of aryl methyl sites for hydroxylation is 1. The van der Waals surface area contributed by atoms with Gasteiger partial charge in [-0.2, -0.15) is 0 Å². The van der Waals surface area contributed by atoms with Gasteiger partial charge in [0.05, 0.1) is 17.3 Å². The van der Waals surface area contributed by atoms with Crippen LogP contribution in [0.1, 0.15) is 30.5 Å². The molecule has 2 amide bonds. The van der Waals surface area contributed by atoms with Gasteiger partial charge in [-0.05, 0) is 32.8 Å². The number of carbonyl (C=O) groups excluding carboxylic acids is 2. The molecule has 0 spiro atoms. The number of thiazole rings is 1. The van der Waals surface area contributed by atoms with Gasteiger partial charge in [-0.3, -0.25) is 4.79 Å². The van der Waals surface area contributed by atoms with Crippen LogP contribution in [0, 0.1) is 6.92 Å². The largest absolute Gasteiger partial charge is 0.450 e. The predicted molar refractivity (Wildman–Crippen MR) is 85.6 cm³/mol. The molecule has 1 aliphatic heterocycles. The lowest BCUT2D eigenvalue weighted by Crippen LogP contribution is -2.49. The normalized spacial score (nSPS) is 18.5. The lowest BCUT2D eigenvalue weighted by molar-refractivity contribution is -0.127. The van der Waals surface area contributed by atoms with Gasteiger partial charge < -0.3 is 15.0 Å². The molecule has 1 atom stereocenters. The van der Waals surface area contributed by atoms with E-state index in [0.717, 1.165) is 23.5 Å². The minimum absolute atomic E-state index is 0.0494. The summed E-state index contributed by atoms with van der Waals surface area (Å²) in [5, 5.41) is 5.68. The summed E-state index contributed by atoms with van der Waals surface area (Å²) in [5.41, 5.74) is 0.800. The van der Waals surface area contributed by atoms with Crippen LogP contribution in [0.5, 0.6) is 0 Å². The molecule has 1 aliphatic rings. The molecule has 22 heavy (non-hydrogen) atoms. The van der Waals surface area contributed by atoms with Crippen LogP contribution in [0.15, 0.2) is 11.5 Å². The summed E-state index contributed by atoms with van der Waals surface area (Å²) in [7, 11) is 0. The number of rotatable bonds is 4. The van der Waals surface area contributed by atoms with Crippen LogP contribution in [0.2, 0.25) is 0 Å². The molecule has 1 aromatic rings. The van der Waals surface area contributed by atoms with Crippen molar-refractivity contribution in [2.24, 2.45) is 0 Å². The third-order valence-electron chi connectivity index (χ3n) is 3.36. The lowest BCUT2D eigenvalue weighted by Gasteiger charge is -2.32. The Morgan fingerprint density at radius 2 is 2.41 bits per heavy atom. The SMILES string of the molecule is CCOC(=O)N[C@H]1CCCN(C(=O)/C=C/c2csc(C)n2)C1. The second-order valence-electron chi connectivity index (χ2n) is 5.11. The summed E-state index contributed by atoms with van der Waals surface area (Å²) in [4.78, 5) is 29.7. The van der Waals surface area contributed by atoms with Crippen LogP contribution in [-0.4, -0.2) is 47.6 Å². The summed E-state index contributed by atoms with van der Waals surface area (Å²) in [6.07, 6.45) is 4.58. The molecule has 6 nitrogen and oxygen atoms in total. The molecule has 0 unspecified atom stereocenters. The van der Waals surface area contributed by atoms with Gasteiger partial charge >= 0.3 is 6.09 Å². The second-order valence-corrected chi connectivity index (χ2v) is 6.18. The average Bonchev–Trinajstić information content (AvgIpc) is 2.91. The van der Waals surface area contributed by atoms with E-state index in [0.29, 0.717) is 19.7 Å². The lowest BCUT2D eigenvalue weighted by atomic mass is 10.1. The summed E-state index contributed by atoms with van der Waals surface area (Å²) < 4.78 is 4.87. The smallest absolute Gasteiger partial charge is 0.407 e. The number of piperidine rings is 1. The second kappa shape index (κ2) is 7.93. The minimum atomic E-state index is -0.421. The number of likely N-dealkylation sites (tertiary alicyclic amines) is 1. The minimum Gasteiger partial charge on any atom is -0.450 e. The number of nitrogens with one attached hydrogen (secondary N) is 1. The zero-order chi connectivity index (χ0) is 15.9. The van der Waals surface area contributed by atoms with Gasteiger partial charge in [0.1, 0.15) is 0 Å². The number of carbonyl (C=O) groups is 2. The maximum Gasteiger partial charge on any atom is 0.407 e. The summed E-state index contributed by atoms with van der Waals surface area (Å²) in [6.45, 7) is 5.26. The molecule has 120 valence electrons. The number of hydrogen-bond acceptors (Lipinski definition) is 5. The van der Waals surface area contributed by atoms with Gasteiger partial charge in [0, 0.05) is 30.6 Å². The number of alkyl carbamates (subject to hydrolysis) is 1. The topological polar surface area (TPSA) is 71.5 Å². The Kier molecular flexibility index (Phi) is 5.94. The third kappa shape index (κ3) is 4.84. The highest BCUT2D eigenvalue weighted by Gasteiger charge is 2.23. The van der Waals surface area contributed by atoms with Gasteiger partial charge in [0.2, 0.25) is 5.91 Å². The molecule has 1 saturated heterocycles. The Labute approximate surface area is 134 Å². The van der Waals surface area contributed by atoms with Crippen molar-refractivity contribution in [2.75, 3.05) is 19.7 Å². The highest BCUT2D eigenvalue weighted by Crippen LogP contribution is 2.13. The van der Waals surface area contributed by atoms with E-state index in [1.165, 1.54) is 0 Å². The van der Waals surface area contributed by atoms with Gasteiger partial charge in [0.15, 0.2) is 0 Å². The van der Waals surface area contributed by atoms with E-state index in [-0.39, 0.29) is 11.9 Å². The zero-order valence-corrected chi connectivity index (χ0v) is 13.7. The quantitative estimate of drug-likeness (QED) is 0.862. The van der Waals surface area contributed by atoms with Gasteiger partial charge in [0.25, 0.3) is 0 Å². The first-order chi connectivity index (χ1) is 10.6. The van der Waals surface area contributed by atoms with E-state index >= 15 is 0 Å². The van der Waals surface area contributed by atoms with Crippen molar-refractivity contribution < 1.29 is 14.3 Å². The molecule has 0 aromatic carbocycles. The number of aromatic nitrogens is 1. The number of nitrogens with zero attached hydrogens (tertiary/aromatic N) is 2. The van der Waals surface area contributed by atoms with Crippen molar-refractivity contribution in [3.05, 3.63) is 22.2 Å². The first-order valence-corrected chi connectivity index (χ1v) is 8.29. The first-order valence-electron chi connectivity index (χ1n) is 7.41. The maximum atomic E-state index is 12.2. The van der Waals surface area contributed by atoms with Crippen molar-refractivity contribution in [3.63, 3.8) is 0 Å². The van der Waals surface area contributed by atoms with Crippen LogP contribution in [0.4, 0.5) is 4.79 Å². The van der Waals surface area contributed by atoms with E-state index < -0.39 is 6.09 Å². The molecule has 1 aromatic heterocycles. The summed E-state index contributed by atoms with van der Waals surface area (Å²) >= 11 is 1.55. The van der Waals surface area contributed by atoms with Crippen molar-refractivity contribution in [1.82, 2.24) is 15.2 Å². The monoisotopic (exact) mass is 323 g/mol. The maximum absolute atomic E-state index is 12.2. The molecule has 0 saturated carbocycles. The Morgan fingerprint density at radius 1 is 1.59 bits per heavy atom. The molecule has 7 heteroatoms. The molecule has 2 heterocycles. The first kappa shape index (κ1) is 16.5. The summed E-state index contributed by atoms with van der Waals surface area (Å²) in [6, 6.07) is -0.0494. The Balaban J connectivity index is 1.87. The summed E-state index contributed by atoms with van der Waals surface area (Å²) in [5.74, 6) is -0.0546. The molecule has 1 fully saturated rings. The van der Waals surface area contributed by atoms with Crippen molar-refractivity contribution in [2.45, 2.75) is 32.7 Å². The van der Waals surface area contributed by atoms with E-state index in [1.54, 1.807) is 35.3 Å². The van der Waals surface area contributed by atoms with Crippen LogP contribution >= 0.6 is 11.3 Å². The van der Waals surface area contributed by atoms with Gasteiger partial charge in [-0.1, -0.05) is 0 Å². The van der Waals surface area contributed by atoms with E-state index in [9.17, 15) is 9.59 Å². The van der Waals surface area contributed by atoms with E-state index in [2.05, 4.69) is 10.3 Å². The molecule has 0 bridgehead atoms. The third-order valence-corrected chi connectivity index (χ3v) is 4.16. The van der Waals surface area contributed by atoms with Gasteiger partial charge in [-0.15, -0.1) is 11.3 Å².